The smallest absolute Gasteiger partial charge is 0.331 e. The van der Waals surface area contributed by atoms with Crippen molar-refractivity contribution >= 4 is 23.5 Å². The van der Waals surface area contributed by atoms with Crippen molar-refractivity contribution in [2.24, 2.45) is 16.7 Å². The Hall–Kier alpha value is -3.33. The first-order valence-corrected chi connectivity index (χ1v) is 12.7. The van der Waals surface area contributed by atoms with Crippen LogP contribution in [0.25, 0.3) is 5.57 Å². The van der Waals surface area contributed by atoms with Crippen LogP contribution >= 0.6 is 0 Å². The number of rotatable bonds is 8. The lowest BCUT2D eigenvalue weighted by atomic mass is 9.61. The Labute approximate surface area is 222 Å². The van der Waals surface area contributed by atoms with Gasteiger partial charge in [0.2, 0.25) is 0 Å². The van der Waals surface area contributed by atoms with E-state index in [1.165, 1.54) is 32.8 Å². The maximum Gasteiger partial charge on any atom is 0.331 e. The number of cyclic esters (lactones) is 1. The summed E-state index contributed by atoms with van der Waals surface area (Å²) in [5.74, 6) is -0.214. The van der Waals surface area contributed by atoms with Crippen LogP contribution in [0.3, 0.4) is 0 Å². The van der Waals surface area contributed by atoms with Gasteiger partial charge >= 0.3 is 17.9 Å². The van der Waals surface area contributed by atoms with E-state index in [1.54, 1.807) is 13.2 Å². The molecule has 2 aromatic rings. The lowest BCUT2D eigenvalue weighted by molar-refractivity contribution is -0.151. The third-order valence-corrected chi connectivity index (χ3v) is 8.45. The van der Waals surface area contributed by atoms with Crippen molar-refractivity contribution in [3.8, 4) is 0 Å². The molecule has 1 aliphatic carbocycles. The molecule has 4 rings (SSSR count). The Morgan fingerprint density at radius 1 is 1.08 bits per heavy atom. The number of ether oxygens (including phenoxy) is 4. The first-order chi connectivity index (χ1) is 18.0. The maximum absolute atomic E-state index is 12.8. The zero-order valence-corrected chi connectivity index (χ0v) is 23.0. The number of methoxy groups -OCH3 is 3. The van der Waals surface area contributed by atoms with E-state index in [4.69, 9.17) is 27.8 Å². The average molecular weight is 529 g/mol. The first-order valence-electron chi connectivity index (χ1n) is 12.7. The first kappa shape index (κ1) is 27.7. The Kier molecular flexibility index (Phi) is 7.61. The summed E-state index contributed by atoms with van der Waals surface area (Å²) in [5.41, 5.74) is 0.914. The van der Waals surface area contributed by atoms with E-state index in [0.717, 1.165) is 5.56 Å². The second-order valence-corrected chi connectivity index (χ2v) is 11.0. The Morgan fingerprint density at radius 3 is 2.39 bits per heavy atom. The van der Waals surface area contributed by atoms with Gasteiger partial charge in [0.25, 0.3) is 0 Å². The van der Waals surface area contributed by atoms with Gasteiger partial charge in [0.05, 0.1) is 32.8 Å². The van der Waals surface area contributed by atoms with Gasteiger partial charge in [0, 0.05) is 54.1 Å². The van der Waals surface area contributed by atoms with Gasteiger partial charge in [-0.3, -0.25) is 9.59 Å². The third-order valence-electron chi connectivity index (χ3n) is 8.45. The van der Waals surface area contributed by atoms with Gasteiger partial charge in [-0.05, 0) is 29.9 Å². The monoisotopic (exact) mass is 528 g/mol. The van der Waals surface area contributed by atoms with Crippen LogP contribution in [-0.2, 0) is 33.3 Å². The van der Waals surface area contributed by atoms with Gasteiger partial charge in [0.15, 0.2) is 0 Å². The second-order valence-electron chi connectivity index (χ2n) is 11.0. The minimum Gasteiger partial charge on any atom is -0.472 e. The highest BCUT2D eigenvalue weighted by Crippen LogP contribution is 2.59. The fourth-order valence-electron chi connectivity index (χ4n) is 6.31. The third kappa shape index (κ3) is 4.68. The van der Waals surface area contributed by atoms with Crippen molar-refractivity contribution in [2.75, 3.05) is 21.3 Å². The zero-order chi connectivity index (χ0) is 27.8. The maximum atomic E-state index is 12.8. The number of furan rings is 2. The summed E-state index contributed by atoms with van der Waals surface area (Å²) >= 11 is 0. The molecule has 0 spiro atoms. The minimum absolute atomic E-state index is 0.110. The summed E-state index contributed by atoms with van der Waals surface area (Å²) in [6.07, 6.45) is 4.08. The molecule has 0 amide bonds. The summed E-state index contributed by atoms with van der Waals surface area (Å²) in [6, 6.07) is 3.66. The van der Waals surface area contributed by atoms with E-state index >= 15 is 0 Å². The Morgan fingerprint density at radius 2 is 1.79 bits per heavy atom. The molecule has 5 unspecified atom stereocenters. The molecule has 0 bridgehead atoms. The van der Waals surface area contributed by atoms with Crippen LogP contribution in [0.15, 0.2) is 39.6 Å². The molecule has 0 fully saturated rings. The van der Waals surface area contributed by atoms with E-state index < -0.39 is 22.9 Å². The molecule has 0 aromatic carbocycles. The van der Waals surface area contributed by atoms with Gasteiger partial charge in [-0.25, -0.2) is 4.79 Å². The fraction of sp³-hybridized carbons (Fsp3) is 0.552. The largest absolute Gasteiger partial charge is 0.472 e. The zero-order valence-electron chi connectivity index (χ0n) is 23.0. The van der Waals surface area contributed by atoms with Crippen molar-refractivity contribution in [1.29, 1.82) is 0 Å². The molecular weight excluding hydrogens is 492 g/mol. The lowest BCUT2D eigenvalue weighted by Gasteiger charge is -2.46. The van der Waals surface area contributed by atoms with Gasteiger partial charge in [-0.2, -0.15) is 0 Å². The van der Waals surface area contributed by atoms with Gasteiger partial charge in [-0.1, -0.05) is 27.7 Å². The molecule has 0 N–H and O–H groups in total. The predicted octanol–water partition coefficient (Wildman–Crippen LogP) is 5.52. The number of carbonyl (C=O) groups is 3. The van der Waals surface area contributed by atoms with Crippen LogP contribution < -0.4 is 0 Å². The molecule has 0 saturated carbocycles. The molecule has 1 aliphatic heterocycles. The highest BCUT2D eigenvalue weighted by Gasteiger charge is 2.52. The molecule has 2 aromatic heterocycles. The van der Waals surface area contributed by atoms with Crippen molar-refractivity contribution in [1.82, 2.24) is 0 Å². The lowest BCUT2D eigenvalue weighted by Crippen LogP contribution is -2.40. The topological polar surface area (TPSA) is 114 Å². The summed E-state index contributed by atoms with van der Waals surface area (Å²) < 4.78 is 33.5. The molecule has 9 nitrogen and oxygen atoms in total. The quantitative estimate of drug-likeness (QED) is 0.322. The number of fused-ring (bicyclic) bond motifs is 1. The predicted molar refractivity (Wildman–Crippen MR) is 136 cm³/mol. The van der Waals surface area contributed by atoms with Crippen LogP contribution in [0.5, 0.6) is 0 Å². The Bertz CT molecular complexity index is 1220. The summed E-state index contributed by atoms with van der Waals surface area (Å²) in [7, 11) is 4.36. The van der Waals surface area contributed by atoms with Crippen LogP contribution in [0.2, 0.25) is 0 Å². The minimum atomic E-state index is -0.834. The van der Waals surface area contributed by atoms with E-state index in [2.05, 4.69) is 13.8 Å². The summed E-state index contributed by atoms with van der Waals surface area (Å²) in [5, 5.41) is 0. The molecular formula is C29H36O9. The molecule has 9 heteroatoms. The van der Waals surface area contributed by atoms with E-state index in [1.807, 2.05) is 19.9 Å². The average Bonchev–Trinajstić information content (AvgIpc) is 3.57. The van der Waals surface area contributed by atoms with Crippen molar-refractivity contribution in [3.05, 3.63) is 53.4 Å². The van der Waals surface area contributed by atoms with E-state index in [9.17, 15) is 14.4 Å². The molecule has 5 atom stereocenters. The standard InChI is InChI=1S/C29H36O9/c1-16-19(13-23(31)34-6)28(2,3)27(35-7)18-12-21(37-25(16)18)20-14-24(32)38-26(17-9-11-36-15-17)29(20,4)10-8-22(30)33-5/h9,11-12,14-16,19,26-27H,8,10,13H2,1-7H3. The SMILES string of the molecule is COC(=O)CCC1(C)C(c2cc3c(o2)C(C)C(CC(=O)OC)C(C)(C)C3OC)=CC(=O)OC1c1ccoc1. The molecule has 0 radical (unpaired) electrons. The second kappa shape index (κ2) is 10.4. The number of esters is 3. The normalized spacial score (nSPS) is 28.2. The van der Waals surface area contributed by atoms with E-state index in [-0.39, 0.29) is 42.7 Å². The van der Waals surface area contributed by atoms with Crippen molar-refractivity contribution in [3.63, 3.8) is 0 Å². The van der Waals surface area contributed by atoms with Crippen LogP contribution in [0, 0.1) is 16.7 Å². The highest BCUT2D eigenvalue weighted by atomic mass is 16.5. The van der Waals surface area contributed by atoms with Gasteiger partial charge in [0.1, 0.15) is 17.6 Å². The molecule has 206 valence electrons. The van der Waals surface area contributed by atoms with E-state index in [0.29, 0.717) is 29.1 Å². The van der Waals surface area contributed by atoms with Crippen LogP contribution in [0.4, 0.5) is 0 Å². The molecule has 2 aliphatic rings. The van der Waals surface area contributed by atoms with Gasteiger partial charge < -0.3 is 27.8 Å². The van der Waals surface area contributed by atoms with Crippen LogP contribution in [0.1, 0.15) is 87.7 Å². The Balaban J connectivity index is 1.83. The number of hydrogen-bond donors (Lipinski definition) is 0. The molecule has 0 saturated heterocycles. The van der Waals surface area contributed by atoms with Gasteiger partial charge in [-0.15, -0.1) is 0 Å². The summed E-state index contributed by atoms with van der Waals surface area (Å²) in [6.45, 7) is 8.12. The summed E-state index contributed by atoms with van der Waals surface area (Å²) in [4.78, 5) is 37.3. The highest BCUT2D eigenvalue weighted by molar-refractivity contribution is 5.94. The number of hydrogen-bond acceptors (Lipinski definition) is 9. The number of carbonyl (C=O) groups excluding carboxylic acids is 3. The van der Waals surface area contributed by atoms with Crippen molar-refractivity contribution < 1.29 is 42.2 Å². The molecule has 3 heterocycles. The van der Waals surface area contributed by atoms with Crippen molar-refractivity contribution in [2.45, 2.75) is 65.1 Å². The molecule has 38 heavy (non-hydrogen) atoms. The van der Waals surface area contributed by atoms with Crippen LogP contribution in [-0.4, -0.2) is 39.2 Å². The fourth-order valence-corrected chi connectivity index (χ4v) is 6.31.